The maximum atomic E-state index is 4.28. The Hall–Kier alpha value is -1.63. The van der Waals surface area contributed by atoms with Crippen LogP contribution in [-0.4, -0.2) is 4.98 Å². The number of benzene rings is 1. The van der Waals surface area contributed by atoms with Crippen LogP contribution in [0.3, 0.4) is 0 Å². The molecule has 0 saturated carbocycles. The lowest BCUT2D eigenvalue weighted by atomic mass is 9.66. The van der Waals surface area contributed by atoms with Crippen molar-refractivity contribution in [2.75, 3.05) is 0 Å². The van der Waals surface area contributed by atoms with Crippen LogP contribution in [0.4, 0.5) is 0 Å². The van der Waals surface area contributed by atoms with Crippen LogP contribution in [0.1, 0.15) is 31.4 Å². The van der Waals surface area contributed by atoms with Gasteiger partial charge in [-0.3, -0.25) is 4.98 Å². The average Bonchev–Trinajstić information content (AvgIpc) is 2.42. The van der Waals surface area contributed by atoms with E-state index >= 15 is 0 Å². The lowest BCUT2D eigenvalue weighted by Gasteiger charge is -2.38. The molecule has 0 bridgehead atoms. The van der Waals surface area contributed by atoms with E-state index in [1.54, 1.807) is 0 Å². The second kappa shape index (κ2) is 5.34. The minimum Gasteiger partial charge on any atom is -0.264 e. The van der Waals surface area contributed by atoms with Crippen molar-refractivity contribution >= 4 is 0 Å². The van der Waals surface area contributed by atoms with Gasteiger partial charge >= 0.3 is 0 Å². The number of pyridine rings is 1. The maximum Gasteiger partial charge on any atom is 0.0309 e. The Morgan fingerprint density at radius 3 is 2.22 bits per heavy atom. The van der Waals surface area contributed by atoms with E-state index in [4.69, 9.17) is 0 Å². The fraction of sp³-hybridized carbons (Fsp3) is 0.294. The van der Waals surface area contributed by atoms with Gasteiger partial charge in [0.15, 0.2) is 0 Å². The summed E-state index contributed by atoms with van der Waals surface area (Å²) < 4.78 is 0. The molecule has 0 fully saturated rings. The summed E-state index contributed by atoms with van der Waals surface area (Å²) in [4.78, 5) is 4.28. The van der Waals surface area contributed by atoms with E-state index in [0.29, 0.717) is 5.92 Å². The molecule has 0 aliphatic heterocycles. The van der Waals surface area contributed by atoms with Gasteiger partial charge in [0.05, 0.1) is 0 Å². The van der Waals surface area contributed by atoms with E-state index in [-0.39, 0.29) is 5.41 Å². The zero-order valence-corrected chi connectivity index (χ0v) is 11.1. The van der Waals surface area contributed by atoms with Gasteiger partial charge in [-0.15, -0.1) is 0 Å². The highest BCUT2D eigenvalue weighted by molar-refractivity contribution is 5.39. The van der Waals surface area contributed by atoms with Gasteiger partial charge in [-0.25, -0.2) is 0 Å². The zero-order valence-electron chi connectivity index (χ0n) is 11.1. The quantitative estimate of drug-likeness (QED) is 0.776. The number of rotatable bonds is 4. The van der Waals surface area contributed by atoms with Crippen molar-refractivity contribution in [1.82, 2.24) is 4.98 Å². The number of hydrogen-bond donors (Lipinski definition) is 0. The summed E-state index contributed by atoms with van der Waals surface area (Å²) in [6.07, 6.45) is 4.63. The lowest BCUT2D eigenvalue weighted by Crippen LogP contribution is -2.33. The smallest absolute Gasteiger partial charge is 0.0309 e. The minimum atomic E-state index is -0.0461. The molecule has 18 heavy (non-hydrogen) atoms. The third-order valence-corrected chi connectivity index (χ3v) is 3.85. The number of aromatic nitrogens is 1. The molecule has 2 rings (SSSR count). The standard InChI is InChI=1S/C17H20N/c1-4-17(14(2)3,15-9-6-5-7-10-15)16-11-8-12-18-13-16/h5-14H,1,4H2,2-3H3. The fourth-order valence-electron chi connectivity index (χ4n) is 2.77. The molecule has 0 aliphatic carbocycles. The third kappa shape index (κ3) is 2.05. The molecule has 1 heterocycles. The van der Waals surface area contributed by atoms with Crippen LogP contribution in [0.25, 0.3) is 0 Å². The van der Waals surface area contributed by atoms with Crippen LogP contribution in [0.5, 0.6) is 0 Å². The Kier molecular flexibility index (Phi) is 3.81. The first-order valence-corrected chi connectivity index (χ1v) is 6.47. The van der Waals surface area contributed by atoms with E-state index in [1.165, 1.54) is 11.1 Å². The lowest BCUT2D eigenvalue weighted by molar-refractivity contribution is 0.371. The molecule has 0 spiro atoms. The molecule has 1 aromatic heterocycles. The highest BCUT2D eigenvalue weighted by Gasteiger charge is 2.35. The highest BCUT2D eigenvalue weighted by Crippen LogP contribution is 2.41. The van der Waals surface area contributed by atoms with Gasteiger partial charge in [-0.2, -0.15) is 0 Å². The van der Waals surface area contributed by atoms with Crippen molar-refractivity contribution in [3.8, 4) is 0 Å². The predicted octanol–water partition coefficient (Wildman–Crippen LogP) is 4.25. The van der Waals surface area contributed by atoms with E-state index in [0.717, 1.165) is 6.42 Å². The second-order valence-electron chi connectivity index (χ2n) is 4.98. The first kappa shape index (κ1) is 12.8. The van der Waals surface area contributed by atoms with Crippen molar-refractivity contribution in [3.05, 3.63) is 72.9 Å². The molecule has 0 N–H and O–H groups in total. The number of nitrogens with zero attached hydrogens (tertiary/aromatic N) is 1. The number of hydrogen-bond acceptors (Lipinski definition) is 1. The van der Waals surface area contributed by atoms with Crippen molar-refractivity contribution in [3.63, 3.8) is 0 Å². The molecule has 0 aliphatic rings. The Bertz CT molecular complexity index is 434. The zero-order chi connectivity index (χ0) is 13.0. The molecule has 1 atom stereocenters. The van der Waals surface area contributed by atoms with Crippen molar-refractivity contribution in [2.45, 2.75) is 25.7 Å². The molecule has 0 saturated heterocycles. The normalized spacial score (nSPS) is 14.4. The Labute approximate surface area is 110 Å². The summed E-state index contributed by atoms with van der Waals surface area (Å²) in [6, 6.07) is 14.8. The highest BCUT2D eigenvalue weighted by atomic mass is 14.6. The van der Waals surface area contributed by atoms with Gasteiger partial charge in [0.1, 0.15) is 0 Å². The van der Waals surface area contributed by atoms with E-state index in [1.807, 2.05) is 18.5 Å². The first-order chi connectivity index (χ1) is 8.71. The van der Waals surface area contributed by atoms with Crippen molar-refractivity contribution in [2.24, 2.45) is 5.92 Å². The SMILES string of the molecule is [CH2]CC(c1ccccc1)(c1cccnc1)C(C)C. The first-order valence-electron chi connectivity index (χ1n) is 6.47. The topological polar surface area (TPSA) is 12.9 Å². The predicted molar refractivity (Wildman–Crippen MR) is 76.3 cm³/mol. The van der Waals surface area contributed by atoms with E-state index in [2.05, 4.69) is 62.2 Å². The molecular formula is C17H20N. The summed E-state index contributed by atoms with van der Waals surface area (Å²) in [6.45, 7) is 8.71. The molecule has 1 aromatic carbocycles. The Morgan fingerprint density at radius 2 is 1.72 bits per heavy atom. The van der Waals surface area contributed by atoms with E-state index < -0.39 is 0 Å². The molecule has 93 valence electrons. The van der Waals surface area contributed by atoms with Gasteiger partial charge in [0.25, 0.3) is 0 Å². The van der Waals surface area contributed by atoms with Crippen molar-refractivity contribution < 1.29 is 0 Å². The largest absolute Gasteiger partial charge is 0.264 e. The minimum absolute atomic E-state index is 0.0461. The monoisotopic (exact) mass is 238 g/mol. The molecular weight excluding hydrogens is 218 g/mol. The fourth-order valence-corrected chi connectivity index (χ4v) is 2.77. The molecule has 1 unspecified atom stereocenters. The second-order valence-corrected chi connectivity index (χ2v) is 4.98. The van der Waals surface area contributed by atoms with Gasteiger partial charge < -0.3 is 0 Å². The summed E-state index contributed by atoms with van der Waals surface area (Å²) in [7, 11) is 0. The molecule has 1 heteroatoms. The van der Waals surface area contributed by atoms with Gasteiger partial charge in [0, 0.05) is 17.8 Å². The summed E-state index contributed by atoms with van der Waals surface area (Å²) in [5, 5.41) is 0. The van der Waals surface area contributed by atoms with Gasteiger partial charge in [-0.05, 0) is 29.5 Å². The van der Waals surface area contributed by atoms with Gasteiger partial charge in [0.2, 0.25) is 0 Å². The van der Waals surface area contributed by atoms with Crippen LogP contribution in [-0.2, 0) is 5.41 Å². The Morgan fingerprint density at radius 1 is 1.06 bits per heavy atom. The molecule has 1 radical (unpaired) electrons. The Balaban J connectivity index is 2.61. The summed E-state index contributed by atoms with van der Waals surface area (Å²) >= 11 is 0. The van der Waals surface area contributed by atoms with Crippen LogP contribution >= 0.6 is 0 Å². The van der Waals surface area contributed by atoms with E-state index in [9.17, 15) is 0 Å². The molecule has 0 amide bonds. The molecule has 2 aromatic rings. The average molecular weight is 238 g/mol. The summed E-state index contributed by atoms with van der Waals surface area (Å²) in [5.74, 6) is 0.474. The van der Waals surface area contributed by atoms with Gasteiger partial charge in [-0.1, -0.05) is 57.2 Å². The van der Waals surface area contributed by atoms with Crippen LogP contribution < -0.4 is 0 Å². The third-order valence-electron chi connectivity index (χ3n) is 3.85. The summed E-state index contributed by atoms with van der Waals surface area (Å²) in [5.41, 5.74) is 2.53. The van der Waals surface area contributed by atoms with Crippen LogP contribution in [0.15, 0.2) is 54.9 Å². The maximum absolute atomic E-state index is 4.28. The van der Waals surface area contributed by atoms with Crippen molar-refractivity contribution in [1.29, 1.82) is 0 Å². The van der Waals surface area contributed by atoms with Crippen LogP contribution in [0.2, 0.25) is 0 Å². The molecule has 1 nitrogen and oxygen atoms in total. The van der Waals surface area contributed by atoms with Crippen LogP contribution in [0, 0.1) is 12.8 Å².